The number of carboxylic acid groups (broad SMARTS) is 1. The average Bonchev–Trinajstić information content (AvgIpc) is 2.65. The van der Waals surface area contributed by atoms with Crippen LogP contribution in [0.4, 0.5) is 0 Å². The van der Waals surface area contributed by atoms with Gasteiger partial charge in [-0.2, -0.15) is 0 Å². The number of hydrogen-bond donors (Lipinski definition) is 1. The Labute approximate surface area is 108 Å². The van der Waals surface area contributed by atoms with Gasteiger partial charge >= 0.3 is 5.97 Å². The molecule has 2 atom stereocenters. The first kappa shape index (κ1) is 13.1. The second-order valence-electron chi connectivity index (χ2n) is 5.47. The standard InChI is InChI=1S/C14H21NO3/c1-9-4-5-15(7-10(9)2)8-12-6-13(14(16)17)11(3)18-12/h6,9-10H,4-5,7-8H2,1-3H3,(H,16,17). The SMILES string of the molecule is Cc1oc(CN2CCC(C)C(C)C2)cc1C(=O)O. The fourth-order valence-corrected chi connectivity index (χ4v) is 2.55. The third-order valence-corrected chi connectivity index (χ3v) is 4.00. The summed E-state index contributed by atoms with van der Waals surface area (Å²) in [6.45, 7) is 9.10. The van der Waals surface area contributed by atoms with Crippen LogP contribution in [0.1, 0.15) is 42.1 Å². The molecule has 0 radical (unpaired) electrons. The summed E-state index contributed by atoms with van der Waals surface area (Å²) < 4.78 is 5.52. The quantitative estimate of drug-likeness (QED) is 0.897. The van der Waals surface area contributed by atoms with Gasteiger partial charge < -0.3 is 9.52 Å². The normalized spacial score (nSPS) is 25.3. The molecule has 2 rings (SSSR count). The zero-order chi connectivity index (χ0) is 13.3. The average molecular weight is 251 g/mol. The Hall–Kier alpha value is -1.29. The summed E-state index contributed by atoms with van der Waals surface area (Å²) >= 11 is 0. The van der Waals surface area contributed by atoms with Gasteiger partial charge in [-0.1, -0.05) is 13.8 Å². The maximum atomic E-state index is 10.9. The number of likely N-dealkylation sites (tertiary alicyclic amines) is 1. The van der Waals surface area contributed by atoms with Gasteiger partial charge in [-0.25, -0.2) is 4.79 Å². The van der Waals surface area contributed by atoms with Crippen molar-refractivity contribution in [2.24, 2.45) is 11.8 Å². The van der Waals surface area contributed by atoms with E-state index in [-0.39, 0.29) is 5.56 Å². The number of aryl methyl sites for hydroxylation is 1. The highest BCUT2D eigenvalue weighted by molar-refractivity contribution is 5.88. The highest BCUT2D eigenvalue weighted by Crippen LogP contribution is 2.24. The molecule has 4 heteroatoms. The van der Waals surface area contributed by atoms with Gasteiger partial charge in [0.2, 0.25) is 0 Å². The van der Waals surface area contributed by atoms with Crippen molar-refractivity contribution in [1.29, 1.82) is 0 Å². The Morgan fingerprint density at radius 1 is 1.50 bits per heavy atom. The van der Waals surface area contributed by atoms with E-state index in [1.54, 1.807) is 13.0 Å². The van der Waals surface area contributed by atoms with E-state index in [0.717, 1.165) is 24.8 Å². The van der Waals surface area contributed by atoms with Gasteiger partial charge in [-0.05, 0) is 37.8 Å². The molecule has 2 unspecified atom stereocenters. The molecule has 1 aliphatic rings. The first-order chi connectivity index (χ1) is 8.47. The monoisotopic (exact) mass is 251 g/mol. The maximum absolute atomic E-state index is 10.9. The fraction of sp³-hybridized carbons (Fsp3) is 0.643. The van der Waals surface area contributed by atoms with E-state index in [4.69, 9.17) is 9.52 Å². The molecule has 0 bridgehead atoms. The number of furan rings is 1. The lowest BCUT2D eigenvalue weighted by molar-refractivity contribution is 0.0695. The zero-order valence-electron chi connectivity index (χ0n) is 11.3. The molecular formula is C14H21NO3. The molecule has 18 heavy (non-hydrogen) atoms. The van der Waals surface area contributed by atoms with E-state index in [1.807, 2.05) is 0 Å². The number of carboxylic acids is 1. The molecule has 1 saturated heterocycles. The van der Waals surface area contributed by atoms with Crippen molar-refractivity contribution < 1.29 is 14.3 Å². The summed E-state index contributed by atoms with van der Waals surface area (Å²) in [6.07, 6.45) is 1.20. The number of nitrogens with zero attached hydrogens (tertiary/aromatic N) is 1. The van der Waals surface area contributed by atoms with Crippen LogP contribution < -0.4 is 0 Å². The molecule has 1 aliphatic heterocycles. The van der Waals surface area contributed by atoms with E-state index in [2.05, 4.69) is 18.7 Å². The zero-order valence-corrected chi connectivity index (χ0v) is 11.3. The third kappa shape index (κ3) is 2.75. The van der Waals surface area contributed by atoms with Crippen molar-refractivity contribution >= 4 is 5.97 Å². The van der Waals surface area contributed by atoms with Gasteiger partial charge in [-0.3, -0.25) is 4.90 Å². The highest BCUT2D eigenvalue weighted by atomic mass is 16.4. The Morgan fingerprint density at radius 3 is 2.78 bits per heavy atom. The maximum Gasteiger partial charge on any atom is 0.339 e. The van der Waals surface area contributed by atoms with Crippen molar-refractivity contribution in [3.8, 4) is 0 Å². The smallest absolute Gasteiger partial charge is 0.339 e. The summed E-state index contributed by atoms with van der Waals surface area (Å²) in [5, 5.41) is 8.99. The summed E-state index contributed by atoms with van der Waals surface area (Å²) in [4.78, 5) is 13.3. The molecule has 0 aromatic carbocycles. The molecule has 0 spiro atoms. The van der Waals surface area contributed by atoms with Crippen LogP contribution in [0.5, 0.6) is 0 Å². The largest absolute Gasteiger partial charge is 0.478 e. The molecule has 1 N–H and O–H groups in total. The second-order valence-corrected chi connectivity index (χ2v) is 5.47. The van der Waals surface area contributed by atoms with Crippen LogP contribution in [0.3, 0.4) is 0 Å². The minimum Gasteiger partial charge on any atom is -0.478 e. The van der Waals surface area contributed by atoms with Crippen molar-refractivity contribution in [3.63, 3.8) is 0 Å². The Morgan fingerprint density at radius 2 is 2.22 bits per heavy atom. The molecule has 0 amide bonds. The molecule has 1 fully saturated rings. The number of carbonyl (C=O) groups is 1. The molecular weight excluding hydrogens is 230 g/mol. The topological polar surface area (TPSA) is 53.7 Å². The lowest BCUT2D eigenvalue weighted by Crippen LogP contribution is -2.37. The third-order valence-electron chi connectivity index (χ3n) is 4.00. The van der Waals surface area contributed by atoms with E-state index < -0.39 is 5.97 Å². The first-order valence-corrected chi connectivity index (χ1v) is 6.52. The van der Waals surface area contributed by atoms with Crippen molar-refractivity contribution in [1.82, 2.24) is 4.90 Å². The van der Waals surface area contributed by atoms with Crippen LogP contribution in [-0.4, -0.2) is 29.1 Å². The predicted molar refractivity (Wildman–Crippen MR) is 68.6 cm³/mol. The summed E-state index contributed by atoms with van der Waals surface area (Å²) in [5.41, 5.74) is 0.281. The summed E-state index contributed by atoms with van der Waals surface area (Å²) in [6, 6.07) is 1.65. The van der Waals surface area contributed by atoms with Crippen LogP contribution in [-0.2, 0) is 6.54 Å². The highest BCUT2D eigenvalue weighted by Gasteiger charge is 2.24. The van der Waals surface area contributed by atoms with E-state index in [9.17, 15) is 4.79 Å². The van der Waals surface area contributed by atoms with Crippen molar-refractivity contribution in [2.45, 2.75) is 33.7 Å². The Balaban J connectivity index is 2.02. The van der Waals surface area contributed by atoms with Crippen LogP contribution in [0, 0.1) is 18.8 Å². The van der Waals surface area contributed by atoms with E-state index in [0.29, 0.717) is 18.2 Å². The van der Waals surface area contributed by atoms with E-state index >= 15 is 0 Å². The molecule has 1 aromatic heterocycles. The van der Waals surface area contributed by atoms with Crippen LogP contribution in [0.15, 0.2) is 10.5 Å². The van der Waals surface area contributed by atoms with Gasteiger partial charge in [0.25, 0.3) is 0 Å². The van der Waals surface area contributed by atoms with Gasteiger partial charge in [-0.15, -0.1) is 0 Å². The van der Waals surface area contributed by atoms with Crippen LogP contribution in [0.25, 0.3) is 0 Å². The number of rotatable bonds is 3. The van der Waals surface area contributed by atoms with E-state index in [1.165, 1.54) is 6.42 Å². The number of aromatic carboxylic acids is 1. The van der Waals surface area contributed by atoms with Crippen molar-refractivity contribution in [3.05, 3.63) is 23.2 Å². The predicted octanol–water partition coefficient (Wildman–Crippen LogP) is 2.76. The minimum atomic E-state index is -0.914. The Kier molecular flexibility index (Phi) is 3.76. The molecule has 100 valence electrons. The van der Waals surface area contributed by atoms with Crippen molar-refractivity contribution in [2.75, 3.05) is 13.1 Å². The molecule has 2 heterocycles. The summed E-state index contributed by atoms with van der Waals surface area (Å²) in [5.74, 6) is 1.80. The van der Waals surface area contributed by atoms with Gasteiger partial charge in [0.1, 0.15) is 17.1 Å². The van der Waals surface area contributed by atoms with Crippen LogP contribution >= 0.6 is 0 Å². The number of piperidine rings is 1. The lowest BCUT2D eigenvalue weighted by Gasteiger charge is -2.34. The van der Waals surface area contributed by atoms with Gasteiger partial charge in [0.05, 0.1) is 6.54 Å². The molecule has 4 nitrogen and oxygen atoms in total. The van der Waals surface area contributed by atoms with Gasteiger partial charge in [0, 0.05) is 6.54 Å². The fourth-order valence-electron chi connectivity index (χ4n) is 2.55. The lowest BCUT2D eigenvalue weighted by atomic mass is 9.89. The molecule has 1 aromatic rings. The minimum absolute atomic E-state index is 0.281. The van der Waals surface area contributed by atoms with Gasteiger partial charge in [0.15, 0.2) is 0 Å². The molecule has 0 saturated carbocycles. The number of hydrogen-bond acceptors (Lipinski definition) is 3. The first-order valence-electron chi connectivity index (χ1n) is 6.52. The second kappa shape index (κ2) is 5.14. The Bertz CT molecular complexity index is 438. The summed E-state index contributed by atoms with van der Waals surface area (Å²) in [7, 11) is 0. The molecule has 0 aliphatic carbocycles. The van der Waals surface area contributed by atoms with Crippen LogP contribution in [0.2, 0.25) is 0 Å².